The number of hydrogen-bond donors (Lipinski definition) is 3. The molecule has 26 heavy (non-hydrogen) atoms. The number of esters is 1. The zero-order chi connectivity index (χ0) is 19.5. The first-order chi connectivity index (χ1) is 12.3. The monoisotopic (exact) mass is 419 g/mol. The summed E-state index contributed by atoms with van der Waals surface area (Å²) in [6.45, 7) is 1.48. The first kappa shape index (κ1) is 21.7. The van der Waals surface area contributed by atoms with Crippen LogP contribution in [0.2, 0.25) is 10.0 Å². The van der Waals surface area contributed by atoms with Gasteiger partial charge in [0.15, 0.2) is 11.7 Å². The first-order valence-corrected chi connectivity index (χ1v) is 8.30. The topological polar surface area (TPSA) is 106 Å². The van der Waals surface area contributed by atoms with Crippen LogP contribution in [0, 0.1) is 0 Å². The molecule has 0 heterocycles. The maximum Gasteiger partial charge on any atom is 0.330 e. The molecule has 0 atom stereocenters. The minimum absolute atomic E-state index is 0.179. The Morgan fingerprint density at radius 3 is 2.58 bits per heavy atom. The molecule has 3 N–H and O–H groups in total. The van der Waals surface area contributed by atoms with Crippen LogP contribution in [-0.2, 0) is 19.1 Å². The van der Waals surface area contributed by atoms with Gasteiger partial charge >= 0.3 is 5.97 Å². The minimum Gasteiger partial charge on any atom is -0.482 e. The molecule has 0 spiro atoms. The molecule has 0 aliphatic rings. The SMILES string of the molecule is CCOC(=O)C=CC(=O)NC(=S)NNC(=O)COc1ccc(Cl)cc1Cl. The zero-order valence-electron chi connectivity index (χ0n) is 13.5. The van der Waals surface area contributed by atoms with Gasteiger partial charge in [0, 0.05) is 17.2 Å². The molecule has 1 aromatic rings. The number of carbonyl (C=O) groups is 3. The third kappa shape index (κ3) is 8.65. The summed E-state index contributed by atoms with van der Waals surface area (Å²) in [5.41, 5.74) is 4.52. The summed E-state index contributed by atoms with van der Waals surface area (Å²) in [6.07, 6.45) is 1.89. The van der Waals surface area contributed by atoms with Crippen molar-refractivity contribution in [3.05, 3.63) is 40.4 Å². The van der Waals surface area contributed by atoms with Crippen LogP contribution in [0.15, 0.2) is 30.4 Å². The van der Waals surface area contributed by atoms with Crippen LogP contribution >= 0.6 is 35.4 Å². The number of halogens is 2. The van der Waals surface area contributed by atoms with Crippen molar-refractivity contribution in [1.82, 2.24) is 16.2 Å². The molecule has 0 unspecified atom stereocenters. The number of amides is 2. The Morgan fingerprint density at radius 1 is 1.19 bits per heavy atom. The largest absolute Gasteiger partial charge is 0.482 e. The van der Waals surface area contributed by atoms with Crippen molar-refractivity contribution in [2.45, 2.75) is 6.92 Å². The number of nitrogens with one attached hydrogen (secondary N) is 3. The Balaban J connectivity index is 2.32. The predicted octanol–water partition coefficient (Wildman–Crippen LogP) is 1.51. The van der Waals surface area contributed by atoms with Gasteiger partial charge in [0.05, 0.1) is 11.6 Å². The number of ether oxygens (including phenoxy) is 2. The highest BCUT2D eigenvalue weighted by atomic mass is 35.5. The third-order valence-corrected chi connectivity index (χ3v) is 3.20. The maximum absolute atomic E-state index is 11.7. The Bertz CT molecular complexity index is 727. The average molecular weight is 420 g/mol. The second-order valence-electron chi connectivity index (χ2n) is 4.44. The zero-order valence-corrected chi connectivity index (χ0v) is 15.8. The van der Waals surface area contributed by atoms with Crippen LogP contribution in [0.4, 0.5) is 0 Å². The Labute approximate surface area is 164 Å². The van der Waals surface area contributed by atoms with Crippen molar-refractivity contribution in [2.24, 2.45) is 0 Å². The molecular weight excluding hydrogens is 405 g/mol. The van der Waals surface area contributed by atoms with E-state index < -0.39 is 17.8 Å². The molecule has 0 saturated heterocycles. The van der Waals surface area contributed by atoms with Crippen LogP contribution in [-0.4, -0.2) is 36.1 Å². The summed E-state index contributed by atoms with van der Waals surface area (Å²) in [5.74, 6) is -1.62. The van der Waals surface area contributed by atoms with Gasteiger partial charge < -0.3 is 9.47 Å². The molecule has 140 valence electrons. The lowest BCUT2D eigenvalue weighted by Gasteiger charge is -2.11. The van der Waals surface area contributed by atoms with Crippen LogP contribution in [0.3, 0.4) is 0 Å². The van der Waals surface area contributed by atoms with Crippen molar-refractivity contribution in [3.63, 3.8) is 0 Å². The van der Waals surface area contributed by atoms with Crippen LogP contribution in [0.1, 0.15) is 6.92 Å². The van der Waals surface area contributed by atoms with E-state index in [2.05, 4.69) is 20.9 Å². The van der Waals surface area contributed by atoms with Gasteiger partial charge in [-0.25, -0.2) is 4.79 Å². The molecule has 0 radical (unpaired) electrons. The van der Waals surface area contributed by atoms with Gasteiger partial charge in [0.2, 0.25) is 5.91 Å². The summed E-state index contributed by atoms with van der Waals surface area (Å²) in [5, 5.41) is 2.73. The van der Waals surface area contributed by atoms with Gasteiger partial charge in [-0.2, -0.15) is 0 Å². The number of hydrazine groups is 1. The minimum atomic E-state index is -0.672. The van der Waals surface area contributed by atoms with Gasteiger partial charge in [-0.1, -0.05) is 23.2 Å². The van der Waals surface area contributed by atoms with E-state index in [4.69, 9.17) is 40.2 Å². The van der Waals surface area contributed by atoms with Gasteiger partial charge in [-0.05, 0) is 37.3 Å². The molecule has 1 rings (SSSR count). The quantitative estimate of drug-likeness (QED) is 0.277. The van der Waals surface area contributed by atoms with E-state index in [1.807, 2.05) is 0 Å². The van der Waals surface area contributed by atoms with Gasteiger partial charge in [-0.15, -0.1) is 0 Å². The van der Waals surface area contributed by atoms with Crippen LogP contribution in [0.5, 0.6) is 5.75 Å². The second-order valence-corrected chi connectivity index (χ2v) is 5.69. The van der Waals surface area contributed by atoms with E-state index in [1.165, 1.54) is 12.1 Å². The molecule has 11 heteroatoms. The molecular formula is C15H15Cl2N3O5S. The van der Waals surface area contributed by atoms with E-state index in [9.17, 15) is 14.4 Å². The number of carbonyl (C=O) groups excluding carboxylic acids is 3. The Kier molecular flexibility index (Phi) is 9.42. The van der Waals surface area contributed by atoms with Gasteiger partial charge in [0.25, 0.3) is 5.91 Å². The fraction of sp³-hybridized carbons (Fsp3) is 0.200. The maximum atomic E-state index is 11.7. The summed E-state index contributed by atoms with van der Waals surface area (Å²) in [6, 6.07) is 4.56. The summed E-state index contributed by atoms with van der Waals surface area (Å²) in [7, 11) is 0. The normalized spacial score (nSPS) is 10.1. The lowest BCUT2D eigenvalue weighted by Crippen LogP contribution is -2.49. The number of rotatable bonds is 6. The summed E-state index contributed by atoms with van der Waals surface area (Å²) >= 11 is 16.5. The highest BCUT2D eigenvalue weighted by Crippen LogP contribution is 2.27. The number of hydrogen-bond acceptors (Lipinski definition) is 6. The highest BCUT2D eigenvalue weighted by Gasteiger charge is 2.08. The average Bonchev–Trinajstić information content (AvgIpc) is 2.57. The van der Waals surface area contributed by atoms with E-state index in [1.54, 1.807) is 13.0 Å². The molecule has 0 aliphatic heterocycles. The van der Waals surface area contributed by atoms with Gasteiger partial charge in [-0.3, -0.25) is 25.8 Å². The molecule has 8 nitrogen and oxygen atoms in total. The molecule has 0 saturated carbocycles. The highest BCUT2D eigenvalue weighted by molar-refractivity contribution is 7.80. The predicted molar refractivity (Wildman–Crippen MR) is 99.7 cm³/mol. The second kappa shape index (κ2) is 11.3. The fourth-order valence-corrected chi connectivity index (χ4v) is 2.03. The summed E-state index contributed by atoms with van der Waals surface area (Å²) < 4.78 is 9.83. The third-order valence-electron chi connectivity index (χ3n) is 2.46. The van der Waals surface area contributed by atoms with Crippen molar-refractivity contribution in [1.29, 1.82) is 0 Å². The van der Waals surface area contributed by atoms with Gasteiger partial charge in [0.1, 0.15) is 5.75 Å². The van der Waals surface area contributed by atoms with E-state index >= 15 is 0 Å². The number of benzene rings is 1. The fourth-order valence-electron chi connectivity index (χ4n) is 1.42. The standard InChI is InChI=1S/C15H15Cl2N3O5S/c1-2-24-14(23)6-5-12(21)18-15(26)20-19-13(22)8-25-11-4-3-9(16)7-10(11)17/h3-7H,2,8H2,1H3,(H,19,22)(H2,18,20,21,26). The lowest BCUT2D eigenvalue weighted by atomic mass is 10.3. The van der Waals surface area contributed by atoms with Crippen molar-refractivity contribution in [2.75, 3.05) is 13.2 Å². The molecule has 2 amide bonds. The molecule has 1 aromatic carbocycles. The Morgan fingerprint density at radius 2 is 1.92 bits per heavy atom. The number of thiocarbonyl (C=S) groups is 1. The van der Waals surface area contributed by atoms with E-state index in [-0.39, 0.29) is 29.1 Å². The van der Waals surface area contributed by atoms with Crippen LogP contribution < -0.4 is 20.9 Å². The molecule has 0 aromatic heterocycles. The van der Waals surface area contributed by atoms with E-state index in [0.717, 1.165) is 12.2 Å². The van der Waals surface area contributed by atoms with Crippen molar-refractivity contribution >= 4 is 58.3 Å². The van der Waals surface area contributed by atoms with Crippen LogP contribution in [0.25, 0.3) is 0 Å². The van der Waals surface area contributed by atoms with Crippen molar-refractivity contribution < 1.29 is 23.9 Å². The molecule has 0 aliphatic carbocycles. The molecule has 0 fully saturated rings. The first-order valence-electron chi connectivity index (χ1n) is 7.14. The lowest BCUT2D eigenvalue weighted by molar-refractivity contribution is -0.137. The smallest absolute Gasteiger partial charge is 0.330 e. The van der Waals surface area contributed by atoms with Crippen molar-refractivity contribution in [3.8, 4) is 5.75 Å². The Hall–Kier alpha value is -2.36. The molecule has 0 bridgehead atoms. The van der Waals surface area contributed by atoms with E-state index in [0.29, 0.717) is 5.02 Å². The summed E-state index contributed by atoms with van der Waals surface area (Å²) in [4.78, 5) is 34.2.